The SMILES string of the molecule is O=C(c1sccc1Cl)c1sccc1Br. The predicted octanol–water partition coefficient (Wildman–Crippen LogP) is 4.46. The first-order chi connectivity index (χ1) is 6.70. The number of ketones is 1. The Morgan fingerprint density at radius 1 is 1.21 bits per heavy atom. The lowest BCUT2D eigenvalue weighted by molar-refractivity contribution is 0.104. The van der Waals surface area contributed by atoms with E-state index in [1.54, 1.807) is 6.07 Å². The molecule has 0 aliphatic heterocycles. The zero-order chi connectivity index (χ0) is 10.1. The van der Waals surface area contributed by atoms with Crippen LogP contribution in [0.1, 0.15) is 14.5 Å². The minimum Gasteiger partial charge on any atom is -0.287 e. The highest BCUT2D eigenvalue weighted by molar-refractivity contribution is 9.10. The zero-order valence-electron chi connectivity index (χ0n) is 6.79. The monoisotopic (exact) mass is 306 g/mol. The van der Waals surface area contributed by atoms with E-state index >= 15 is 0 Å². The molecule has 14 heavy (non-hydrogen) atoms. The second-order valence-corrected chi connectivity index (χ2v) is 5.62. The summed E-state index contributed by atoms with van der Waals surface area (Å²) in [5.41, 5.74) is 0. The summed E-state index contributed by atoms with van der Waals surface area (Å²) >= 11 is 12.0. The topological polar surface area (TPSA) is 17.1 Å². The maximum absolute atomic E-state index is 11.9. The fourth-order valence-corrected chi connectivity index (χ4v) is 3.66. The number of hydrogen-bond donors (Lipinski definition) is 0. The van der Waals surface area contributed by atoms with E-state index in [-0.39, 0.29) is 5.78 Å². The van der Waals surface area contributed by atoms with E-state index in [0.717, 1.165) is 4.47 Å². The lowest BCUT2D eigenvalue weighted by Crippen LogP contribution is -1.96. The molecule has 0 aliphatic rings. The van der Waals surface area contributed by atoms with Crippen molar-refractivity contribution in [2.24, 2.45) is 0 Å². The summed E-state index contributed by atoms with van der Waals surface area (Å²) in [7, 11) is 0. The number of carbonyl (C=O) groups is 1. The van der Waals surface area contributed by atoms with Crippen LogP contribution in [0.5, 0.6) is 0 Å². The molecular formula is C9H4BrClOS2. The van der Waals surface area contributed by atoms with Crippen LogP contribution in [0.4, 0.5) is 0 Å². The largest absolute Gasteiger partial charge is 0.287 e. The third kappa shape index (κ3) is 1.80. The lowest BCUT2D eigenvalue weighted by Gasteiger charge is -1.95. The molecule has 0 fully saturated rings. The van der Waals surface area contributed by atoms with Crippen molar-refractivity contribution in [2.75, 3.05) is 0 Å². The summed E-state index contributed by atoms with van der Waals surface area (Å²) in [5, 5.41) is 4.22. The van der Waals surface area contributed by atoms with Crippen LogP contribution in [0.2, 0.25) is 5.02 Å². The molecule has 72 valence electrons. The van der Waals surface area contributed by atoms with Gasteiger partial charge in [-0.3, -0.25) is 4.79 Å². The van der Waals surface area contributed by atoms with Crippen LogP contribution < -0.4 is 0 Å². The smallest absolute Gasteiger partial charge is 0.215 e. The molecule has 0 amide bonds. The molecule has 2 rings (SSSR count). The Labute approximate surface area is 102 Å². The molecule has 1 nitrogen and oxygen atoms in total. The molecule has 0 unspecified atom stereocenters. The molecule has 0 N–H and O–H groups in total. The van der Waals surface area contributed by atoms with Crippen LogP contribution in [0.25, 0.3) is 0 Å². The maximum Gasteiger partial charge on any atom is 0.215 e. The molecule has 0 aliphatic carbocycles. The molecule has 0 atom stereocenters. The van der Waals surface area contributed by atoms with E-state index in [2.05, 4.69) is 15.9 Å². The standard InChI is InChI=1S/C9H4BrClOS2/c10-5-1-3-13-8(5)7(12)9-6(11)2-4-14-9/h1-4H. The van der Waals surface area contributed by atoms with Crippen molar-refractivity contribution in [2.45, 2.75) is 0 Å². The van der Waals surface area contributed by atoms with E-state index < -0.39 is 0 Å². The quantitative estimate of drug-likeness (QED) is 0.749. The van der Waals surface area contributed by atoms with Gasteiger partial charge in [0.05, 0.1) is 14.8 Å². The van der Waals surface area contributed by atoms with E-state index in [1.165, 1.54) is 22.7 Å². The van der Waals surface area contributed by atoms with Gasteiger partial charge in [0, 0.05) is 4.47 Å². The molecule has 0 saturated heterocycles. The van der Waals surface area contributed by atoms with Crippen LogP contribution in [-0.2, 0) is 0 Å². The van der Waals surface area contributed by atoms with Crippen LogP contribution >= 0.6 is 50.2 Å². The highest BCUT2D eigenvalue weighted by atomic mass is 79.9. The van der Waals surface area contributed by atoms with Crippen molar-refractivity contribution < 1.29 is 4.79 Å². The fourth-order valence-electron chi connectivity index (χ4n) is 1.01. The average Bonchev–Trinajstić information content (AvgIpc) is 2.73. The van der Waals surface area contributed by atoms with Crippen LogP contribution in [0.15, 0.2) is 27.4 Å². The Kier molecular flexibility index (Phi) is 3.07. The van der Waals surface area contributed by atoms with Crippen molar-refractivity contribution in [1.29, 1.82) is 0 Å². The second-order valence-electron chi connectivity index (χ2n) is 2.52. The van der Waals surface area contributed by atoms with Gasteiger partial charge in [-0.25, -0.2) is 0 Å². The van der Waals surface area contributed by atoms with Crippen LogP contribution in [-0.4, -0.2) is 5.78 Å². The third-order valence-corrected chi connectivity index (χ3v) is 4.82. The summed E-state index contributed by atoms with van der Waals surface area (Å²) in [6.07, 6.45) is 0. The normalized spacial score (nSPS) is 10.4. The van der Waals surface area contributed by atoms with Gasteiger partial charge in [-0.05, 0) is 38.8 Å². The molecule has 2 aromatic heterocycles. The Morgan fingerprint density at radius 2 is 1.86 bits per heavy atom. The first kappa shape index (κ1) is 10.4. The lowest BCUT2D eigenvalue weighted by atomic mass is 10.3. The Balaban J connectivity index is 2.44. The van der Waals surface area contributed by atoms with E-state index in [9.17, 15) is 4.79 Å². The van der Waals surface area contributed by atoms with Gasteiger partial charge in [-0.2, -0.15) is 0 Å². The summed E-state index contributed by atoms with van der Waals surface area (Å²) in [6.45, 7) is 0. The van der Waals surface area contributed by atoms with Crippen molar-refractivity contribution in [1.82, 2.24) is 0 Å². The van der Waals surface area contributed by atoms with Crippen molar-refractivity contribution in [3.8, 4) is 0 Å². The number of hydrogen-bond acceptors (Lipinski definition) is 3. The molecule has 2 aromatic rings. The van der Waals surface area contributed by atoms with Gasteiger partial charge in [0.15, 0.2) is 0 Å². The van der Waals surface area contributed by atoms with Crippen LogP contribution in [0.3, 0.4) is 0 Å². The van der Waals surface area contributed by atoms with Gasteiger partial charge < -0.3 is 0 Å². The van der Waals surface area contributed by atoms with Gasteiger partial charge in [0.25, 0.3) is 0 Å². The van der Waals surface area contributed by atoms with Gasteiger partial charge in [-0.1, -0.05) is 11.6 Å². The second kappa shape index (κ2) is 4.14. The average molecular weight is 308 g/mol. The molecule has 2 heterocycles. The fraction of sp³-hybridized carbons (Fsp3) is 0. The molecule has 5 heteroatoms. The Bertz CT molecular complexity index is 432. The zero-order valence-corrected chi connectivity index (χ0v) is 10.8. The first-order valence-electron chi connectivity index (χ1n) is 3.71. The molecule has 0 bridgehead atoms. The molecule has 0 spiro atoms. The predicted molar refractivity (Wildman–Crippen MR) is 64.8 cm³/mol. The molecule has 0 aromatic carbocycles. The highest BCUT2D eigenvalue weighted by Crippen LogP contribution is 2.30. The van der Waals surface area contributed by atoms with Gasteiger partial charge in [-0.15, -0.1) is 22.7 Å². The summed E-state index contributed by atoms with van der Waals surface area (Å²) < 4.78 is 0.831. The van der Waals surface area contributed by atoms with Crippen molar-refractivity contribution >= 4 is 56.0 Å². The number of halogens is 2. The minimum atomic E-state index is -0.00752. The van der Waals surface area contributed by atoms with Gasteiger partial charge in [0.1, 0.15) is 0 Å². The Hall–Kier alpha value is -0.160. The first-order valence-corrected chi connectivity index (χ1v) is 6.64. The summed E-state index contributed by atoms with van der Waals surface area (Å²) in [5.74, 6) is -0.00752. The summed E-state index contributed by atoms with van der Waals surface area (Å²) in [4.78, 5) is 13.2. The molecule has 0 radical (unpaired) electrons. The van der Waals surface area contributed by atoms with Crippen LogP contribution in [0, 0.1) is 0 Å². The minimum absolute atomic E-state index is 0.00752. The summed E-state index contributed by atoms with van der Waals surface area (Å²) in [6, 6.07) is 3.60. The van der Waals surface area contributed by atoms with Gasteiger partial charge >= 0.3 is 0 Å². The maximum atomic E-state index is 11.9. The Morgan fingerprint density at radius 3 is 2.36 bits per heavy atom. The molecular weight excluding hydrogens is 304 g/mol. The third-order valence-electron chi connectivity index (χ3n) is 1.65. The van der Waals surface area contributed by atoms with Crippen molar-refractivity contribution in [3.63, 3.8) is 0 Å². The van der Waals surface area contributed by atoms with Gasteiger partial charge in [0.2, 0.25) is 5.78 Å². The van der Waals surface area contributed by atoms with E-state index in [1.807, 2.05) is 16.8 Å². The molecule has 0 saturated carbocycles. The number of rotatable bonds is 2. The van der Waals surface area contributed by atoms with E-state index in [4.69, 9.17) is 11.6 Å². The number of thiophene rings is 2. The van der Waals surface area contributed by atoms with E-state index in [0.29, 0.717) is 14.8 Å². The highest BCUT2D eigenvalue weighted by Gasteiger charge is 2.17. The number of carbonyl (C=O) groups excluding carboxylic acids is 1. The van der Waals surface area contributed by atoms with Crippen molar-refractivity contribution in [3.05, 3.63) is 42.1 Å².